The number of aryl methyl sites for hydroxylation is 1. The molecule has 2 aromatic rings. The molecule has 0 aliphatic heterocycles. The molecule has 0 atom stereocenters. The smallest absolute Gasteiger partial charge is 0.258 e. The first-order valence-electron chi connectivity index (χ1n) is 7.16. The maximum absolute atomic E-state index is 11.8. The Morgan fingerprint density at radius 3 is 2.62 bits per heavy atom. The molecule has 0 spiro atoms. The Hall–Kier alpha value is -2.05. The minimum atomic E-state index is -0.383. The number of benzene rings is 2. The quantitative estimate of drug-likeness (QED) is 0.764. The summed E-state index contributed by atoms with van der Waals surface area (Å²) in [4.78, 5) is 23.6. The number of rotatable bonds is 6. The Bertz CT molecular complexity index is 752. The molecule has 24 heavy (non-hydrogen) atoms. The van der Waals surface area contributed by atoms with Crippen molar-refractivity contribution in [3.8, 4) is 5.75 Å². The average molecular weight is 412 g/mol. The summed E-state index contributed by atoms with van der Waals surface area (Å²) in [5.74, 6) is -0.128. The Morgan fingerprint density at radius 1 is 1.17 bits per heavy atom. The van der Waals surface area contributed by atoms with Crippen molar-refractivity contribution in [2.24, 2.45) is 0 Å². The fourth-order valence-corrected chi connectivity index (χ4v) is 2.52. The SMILES string of the molecule is Cc1cc(Cl)ccc1OCC(=O)NCC(=O)Nc1ccccc1Br. The van der Waals surface area contributed by atoms with Gasteiger partial charge in [0.05, 0.1) is 12.2 Å². The number of carbonyl (C=O) groups excluding carboxylic acids is 2. The van der Waals surface area contributed by atoms with E-state index in [1.807, 2.05) is 19.1 Å². The topological polar surface area (TPSA) is 67.4 Å². The summed E-state index contributed by atoms with van der Waals surface area (Å²) in [6, 6.07) is 12.4. The molecule has 0 aliphatic carbocycles. The lowest BCUT2D eigenvalue weighted by atomic mass is 10.2. The van der Waals surface area contributed by atoms with Gasteiger partial charge in [-0.3, -0.25) is 9.59 Å². The van der Waals surface area contributed by atoms with Crippen LogP contribution in [0.3, 0.4) is 0 Å². The summed E-state index contributed by atoms with van der Waals surface area (Å²) >= 11 is 9.20. The molecule has 0 aliphatic rings. The molecule has 126 valence electrons. The minimum absolute atomic E-state index is 0.136. The molecule has 2 amide bonds. The fourth-order valence-electron chi connectivity index (χ4n) is 1.90. The highest BCUT2D eigenvalue weighted by Crippen LogP contribution is 2.22. The third-order valence-electron chi connectivity index (χ3n) is 3.09. The van der Waals surface area contributed by atoms with Crippen LogP contribution >= 0.6 is 27.5 Å². The van der Waals surface area contributed by atoms with Gasteiger partial charge < -0.3 is 15.4 Å². The van der Waals surface area contributed by atoms with E-state index in [0.717, 1.165) is 10.0 Å². The number of halogens is 2. The van der Waals surface area contributed by atoms with E-state index in [9.17, 15) is 9.59 Å². The van der Waals surface area contributed by atoms with Crippen molar-refractivity contribution in [2.45, 2.75) is 6.92 Å². The van der Waals surface area contributed by atoms with Crippen molar-refractivity contribution in [2.75, 3.05) is 18.5 Å². The van der Waals surface area contributed by atoms with Crippen LogP contribution in [-0.2, 0) is 9.59 Å². The first-order chi connectivity index (χ1) is 11.5. The highest BCUT2D eigenvalue weighted by molar-refractivity contribution is 9.10. The molecule has 0 saturated heterocycles. The van der Waals surface area contributed by atoms with Crippen molar-refractivity contribution in [3.05, 3.63) is 57.5 Å². The van der Waals surface area contributed by atoms with Gasteiger partial charge in [0.2, 0.25) is 5.91 Å². The predicted molar refractivity (Wildman–Crippen MR) is 97.5 cm³/mol. The lowest BCUT2D eigenvalue weighted by Crippen LogP contribution is -2.35. The zero-order valence-electron chi connectivity index (χ0n) is 12.9. The highest BCUT2D eigenvalue weighted by Gasteiger charge is 2.09. The Labute approximate surface area is 153 Å². The first-order valence-corrected chi connectivity index (χ1v) is 8.33. The second kappa shape index (κ2) is 8.70. The lowest BCUT2D eigenvalue weighted by Gasteiger charge is -2.10. The van der Waals surface area contributed by atoms with E-state index in [2.05, 4.69) is 26.6 Å². The molecular formula is C17H16BrClN2O3. The molecule has 2 rings (SSSR count). The van der Waals surface area contributed by atoms with E-state index in [-0.39, 0.29) is 25.0 Å². The van der Waals surface area contributed by atoms with Crippen molar-refractivity contribution in [3.63, 3.8) is 0 Å². The number of carbonyl (C=O) groups is 2. The van der Waals surface area contributed by atoms with Gasteiger partial charge in [-0.25, -0.2) is 0 Å². The standard InChI is InChI=1S/C17H16BrClN2O3/c1-11-8-12(19)6-7-15(11)24-10-17(23)20-9-16(22)21-14-5-3-2-4-13(14)18/h2-8H,9-10H2,1H3,(H,20,23)(H,21,22). The molecule has 0 radical (unpaired) electrons. The third-order valence-corrected chi connectivity index (χ3v) is 4.02. The second-order valence-electron chi connectivity index (χ2n) is 5.00. The van der Waals surface area contributed by atoms with Gasteiger partial charge in [-0.15, -0.1) is 0 Å². The van der Waals surface area contributed by atoms with Gasteiger partial charge in [0.1, 0.15) is 5.75 Å². The molecule has 0 unspecified atom stereocenters. The average Bonchev–Trinajstić information content (AvgIpc) is 2.54. The van der Waals surface area contributed by atoms with Crippen LogP contribution in [0.4, 0.5) is 5.69 Å². The van der Waals surface area contributed by atoms with Gasteiger partial charge in [0, 0.05) is 9.50 Å². The molecule has 0 saturated carbocycles. The van der Waals surface area contributed by atoms with Crippen LogP contribution < -0.4 is 15.4 Å². The van der Waals surface area contributed by atoms with Crippen LogP contribution in [0.25, 0.3) is 0 Å². The molecule has 0 aromatic heterocycles. The molecule has 5 nitrogen and oxygen atoms in total. The molecular weight excluding hydrogens is 396 g/mol. The summed E-state index contributed by atoms with van der Waals surface area (Å²) in [5.41, 5.74) is 1.48. The van der Waals surface area contributed by atoms with E-state index in [1.54, 1.807) is 30.3 Å². The monoisotopic (exact) mass is 410 g/mol. The van der Waals surface area contributed by atoms with Crippen LogP contribution in [0, 0.1) is 6.92 Å². The van der Waals surface area contributed by atoms with Gasteiger partial charge in [-0.2, -0.15) is 0 Å². The number of nitrogens with one attached hydrogen (secondary N) is 2. The minimum Gasteiger partial charge on any atom is -0.484 e. The van der Waals surface area contributed by atoms with Gasteiger partial charge >= 0.3 is 0 Å². The maximum atomic E-state index is 11.8. The number of para-hydroxylation sites is 1. The molecule has 7 heteroatoms. The highest BCUT2D eigenvalue weighted by atomic mass is 79.9. The number of hydrogen-bond acceptors (Lipinski definition) is 3. The summed E-state index contributed by atoms with van der Waals surface area (Å²) < 4.78 is 6.18. The van der Waals surface area contributed by atoms with E-state index in [0.29, 0.717) is 16.5 Å². The number of anilines is 1. The van der Waals surface area contributed by atoms with E-state index >= 15 is 0 Å². The summed E-state index contributed by atoms with van der Waals surface area (Å²) in [6.45, 7) is 1.53. The fraction of sp³-hybridized carbons (Fsp3) is 0.176. The van der Waals surface area contributed by atoms with Crippen molar-refractivity contribution >= 4 is 45.0 Å². The number of hydrogen-bond donors (Lipinski definition) is 2. The zero-order valence-corrected chi connectivity index (χ0v) is 15.3. The molecule has 0 fully saturated rings. The summed E-state index contributed by atoms with van der Waals surface area (Å²) in [7, 11) is 0. The molecule has 0 bridgehead atoms. The van der Waals surface area contributed by atoms with Gasteiger partial charge in [0.25, 0.3) is 5.91 Å². The van der Waals surface area contributed by atoms with Gasteiger partial charge in [-0.1, -0.05) is 23.7 Å². The van der Waals surface area contributed by atoms with Gasteiger partial charge in [-0.05, 0) is 58.7 Å². The van der Waals surface area contributed by atoms with Crippen LogP contribution in [-0.4, -0.2) is 25.0 Å². The van der Waals surface area contributed by atoms with Crippen LogP contribution in [0.15, 0.2) is 46.9 Å². The zero-order chi connectivity index (χ0) is 17.5. The Kier molecular flexibility index (Phi) is 6.63. The largest absolute Gasteiger partial charge is 0.484 e. The molecule has 2 aromatic carbocycles. The van der Waals surface area contributed by atoms with Crippen LogP contribution in [0.5, 0.6) is 5.75 Å². The van der Waals surface area contributed by atoms with E-state index < -0.39 is 0 Å². The maximum Gasteiger partial charge on any atom is 0.258 e. The number of ether oxygens (including phenoxy) is 1. The van der Waals surface area contributed by atoms with Crippen molar-refractivity contribution < 1.29 is 14.3 Å². The third kappa shape index (κ3) is 5.54. The van der Waals surface area contributed by atoms with Crippen molar-refractivity contribution in [1.29, 1.82) is 0 Å². The Morgan fingerprint density at radius 2 is 1.92 bits per heavy atom. The van der Waals surface area contributed by atoms with Crippen LogP contribution in [0.1, 0.15) is 5.56 Å². The van der Waals surface area contributed by atoms with Gasteiger partial charge in [0.15, 0.2) is 6.61 Å². The van der Waals surface area contributed by atoms with Crippen LogP contribution in [0.2, 0.25) is 5.02 Å². The van der Waals surface area contributed by atoms with Crippen molar-refractivity contribution in [1.82, 2.24) is 5.32 Å². The summed E-state index contributed by atoms with van der Waals surface area (Å²) in [6.07, 6.45) is 0. The Balaban J connectivity index is 1.76. The normalized spacial score (nSPS) is 10.1. The van der Waals surface area contributed by atoms with E-state index in [4.69, 9.17) is 16.3 Å². The molecule has 0 heterocycles. The first kappa shape index (κ1) is 18.3. The second-order valence-corrected chi connectivity index (χ2v) is 6.29. The summed E-state index contributed by atoms with van der Waals surface area (Å²) in [5, 5.41) is 5.81. The predicted octanol–water partition coefficient (Wildman–Crippen LogP) is 3.54. The lowest BCUT2D eigenvalue weighted by molar-refractivity contribution is -0.125. The number of amides is 2. The molecule has 2 N–H and O–H groups in total. The van der Waals surface area contributed by atoms with E-state index in [1.165, 1.54) is 0 Å².